The molecule has 1 heterocycles. The smallest absolute Gasteiger partial charge is 0.423 e. The molecule has 0 aliphatic carbocycles. The lowest BCUT2D eigenvalue weighted by molar-refractivity contribution is 0.0927. The van der Waals surface area contributed by atoms with Crippen molar-refractivity contribution in [3.63, 3.8) is 0 Å². The van der Waals surface area contributed by atoms with Gasteiger partial charge in [0.1, 0.15) is 5.15 Å². The van der Waals surface area contributed by atoms with Gasteiger partial charge in [0.05, 0.1) is 11.1 Å². The van der Waals surface area contributed by atoms with Crippen LogP contribution in [-0.2, 0) is 0 Å². The fourth-order valence-corrected chi connectivity index (χ4v) is 2.93. The lowest BCUT2D eigenvalue weighted by atomic mass is 9.96. The van der Waals surface area contributed by atoms with Crippen molar-refractivity contribution in [1.29, 1.82) is 0 Å². The molecule has 0 bridgehead atoms. The number of amides is 2. The molecule has 1 aromatic heterocycles. The fraction of sp³-hybridized carbons (Fsp3) is 0. The molecule has 0 spiro atoms. The molecule has 0 radical (unpaired) electrons. The van der Waals surface area contributed by atoms with E-state index in [0.717, 1.165) is 5.56 Å². The van der Waals surface area contributed by atoms with Gasteiger partial charge >= 0.3 is 6.09 Å². The second-order valence-electron chi connectivity index (χ2n) is 5.06. The van der Waals surface area contributed by atoms with E-state index < -0.39 is 12.0 Å². The highest BCUT2D eigenvalue weighted by molar-refractivity contribution is 6.35. The average Bonchev–Trinajstić information content (AvgIpc) is 2.59. The van der Waals surface area contributed by atoms with Crippen LogP contribution in [0.5, 0.6) is 0 Å². The molecule has 0 atom stereocenters. The summed E-state index contributed by atoms with van der Waals surface area (Å²) in [6, 6.07) is 14.2. The van der Waals surface area contributed by atoms with Crippen LogP contribution in [0.3, 0.4) is 0 Å². The molecule has 0 aliphatic heterocycles. The molecule has 0 fully saturated rings. The van der Waals surface area contributed by atoms with Crippen LogP contribution in [0.25, 0.3) is 22.0 Å². The largest absolute Gasteiger partial charge is 0.464 e. The minimum atomic E-state index is -1.40. The maximum atomic E-state index is 12.5. The first-order chi connectivity index (χ1) is 12.0. The highest BCUT2D eigenvalue weighted by Crippen LogP contribution is 2.36. The predicted molar refractivity (Wildman–Crippen MR) is 95.8 cm³/mol. The molecule has 0 aliphatic rings. The molecule has 126 valence electrons. The molecular formula is C17H11Cl2N3O3. The number of pyridine rings is 1. The Hall–Kier alpha value is -2.83. The van der Waals surface area contributed by atoms with Gasteiger partial charge in [-0.05, 0) is 23.8 Å². The van der Waals surface area contributed by atoms with E-state index in [0.29, 0.717) is 21.5 Å². The van der Waals surface area contributed by atoms with Gasteiger partial charge in [0, 0.05) is 16.0 Å². The maximum Gasteiger partial charge on any atom is 0.423 e. The first-order valence-corrected chi connectivity index (χ1v) is 7.86. The molecule has 3 aromatic rings. The van der Waals surface area contributed by atoms with E-state index in [1.165, 1.54) is 0 Å². The lowest BCUT2D eigenvalue weighted by Gasteiger charge is -2.15. The molecule has 3 N–H and O–H groups in total. The zero-order chi connectivity index (χ0) is 18.0. The van der Waals surface area contributed by atoms with Crippen LogP contribution in [0.1, 0.15) is 10.4 Å². The first kappa shape index (κ1) is 17.0. The van der Waals surface area contributed by atoms with E-state index in [1.807, 2.05) is 35.8 Å². The molecule has 6 nitrogen and oxygen atoms in total. The third-order valence-corrected chi connectivity index (χ3v) is 3.98. The molecule has 0 unspecified atom stereocenters. The SMILES string of the molecule is O=C(O)NNC(=O)c1c(Cl)nc2ccc(Cl)cc2c1-c1ccccc1. The highest BCUT2D eigenvalue weighted by atomic mass is 35.5. The lowest BCUT2D eigenvalue weighted by Crippen LogP contribution is -2.41. The van der Waals surface area contributed by atoms with Gasteiger partial charge < -0.3 is 5.11 Å². The van der Waals surface area contributed by atoms with E-state index in [-0.39, 0.29) is 10.7 Å². The van der Waals surface area contributed by atoms with Crippen molar-refractivity contribution in [3.05, 3.63) is 64.3 Å². The van der Waals surface area contributed by atoms with E-state index in [4.69, 9.17) is 28.3 Å². The zero-order valence-corrected chi connectivity index (χ0v) is 14.1. The number of rotatable bonds is 2. The quantitative estimate of drug-likeness (QED) is 0.464. The topological polar surface area (TPSA) is 91.3 Å². The van der Waals surface area contributed by atoms with Crippen molar-refractivity contribution in [2.24, 2.45) is 0 Å². The average molecular weight is 376 g/mol. The third-order valence-electron chi connectivity index (χ3n) is 3.48. The van der Waals surface area contributed by atoms with Crippen LogP contribution < -0.4 is 10.9 Å². The van der Waals surface area contributed by atoms with Crippen LogP contribution >= 0.6 is 23.2 Å². The number of nitrogens with zero attached hydrogens (tertiary/aromatic N) is 1. The van der Waals surface area contributed by atoms with E-state index in [2.05, 4.69) is 10.4 Å². The van der Waals surface area contributed by atoms with Gasteiger partial charge in [0.15, 0.2) is 0 Å². The monoisotopic (exact) mass is 375 g/mol. The minimum absolute atomic E-state index is 0.0432. The maximum absolute atomic E-state index is 12.5. The minimum Gasteiger partial charge on any atom is -0.464 e. The Morgan fingerprint density at radius 2 is 1.72 bits per heavy atom. The normalized spacial score (nSPS) is 10.5. The van der Waals surface area contributed by atoms with Gasteiger partial charge in [-0.25, -0.2) is 15.2 Å². The number of aromatic nitrogens is 1. The van der Waals surface area contributed by atoms with Crippen molar-refractivity contribution >= 4 is 46.1 Å². The molecule has 25 heavy (non-hydrogen) atoms. The Balaban J connectivity index is 2.29. The Morgan fingerprint density at radius 1 is 1.00 bits per heavy atom. The number of carbonyl (C=O) groups excluding carboxylic acids is 1. The Bertz CT molecular complexity index is 978. The Kier molecular flexibility index (Phi) is 4.74. The molecule has 8 heteroatoms. The van der Waals surface area contributed by atoms with Crippen LogP contribution in [-0.4, -0.2) is 22.1 Å². The van der Waals surface area contributed by atoms with Gasteiger partial charge in [-0.3, -0.25) is 10.2 Å². The molecular weight excluding hydrogens is 365 g/mol. The molecule has 3 rings (SSSR count). The number of nitrogens with one attached hydrogen (secondary N) is 2. The van der Waals surface area contributed by atoms with Crippen molar-refractivity contribution in [1.82, 2.24) is 15.8 Å². The summed E-state index contributed by atoms with van der Waals surface area (Å²) in [6.45, 7) is 0. The van der Waals surface area contributed by atoms with Gasteiger partial charge in [0.2, 0.25) is 0 Å². The summed E-state index contributed by atoms with van der Waals surface area (Å²) in [5, 5.41) is 9.74. The van der Waals surface area contributed by atoms with Gasteiger partial charge in [-0.1, -0.05) is 53.5 Å². The predicted octanol–water partition coefficient (Wildman–Crippen LogP) is 4.12. The number of hydrogen-bond acceptors (Lipinski definition) is 3. The second kappa shape index (κ2) is 6.96. The summed E-state index contributed by atoms with van der Waals surface area (Å²) in [4.78, 5) is 27.4. The van der Waals surface area contributed by atoms with Crippen LogP contribution in [0, 0.1) is 0 Å². The van der Waals surface area contributed by atoms with E-state index in [1.54, 1.807) is 18.2 Å². The number of carbonyl (C=O) groups is 2. The summed E-state index contributed by atoms with van der Waals surface area (Å²) < 4.78 is 0. The number of carboxylic acid groups (broad SMARTS) is 1. The number of fused-ring (bicyclic) bond motifs is 1. The Labute approximate surface area is 152 Å². The first-order valence-electron chi connectivity index (χ1n) is 7.11. The zero-order valence-electron chi connectivity index (χ0n) is 12.6. The van der Waals surface area contributed by atoms with Crippen LogP contribution in [0.15, 0.2) is 48.5 Å². The summed E-state index contributed by atoms with van der Waals surface area (Å²) in [7, 11) is 0. The Morgan fingerprint density at radius 3 is 2.40 bits per heavy atom. The highest BCUT2D eigenvalue weighted by Gasteiger charge is 2.22. The summed E-state index contributed by atoms with van der Waals surface area (Å²) in [5.41, 5.74) is 5.75. The summed E-state index contributed by atoms with van der Waals surface area (Å²) in [5.74, 6) is -0.722. The van der Waals surface area contributed by atoms with E-state index >= 15 is 0 Å². The molecule has 0 saturated heterocycles. The van der Waals surface area contributed by atoms with Crippen LogP contribution in [0.2, 0.25) is 10.2 Å². The molecule has 0 saturated carbocycles. The second-order valence-corrected chi connectivity index (χ2v) is 5.86. The van der Waals surface area contributed by atoms with Gasteiger partial charge in [-0.15, -0.1) is 0 Å². The van der Waals surface area contributed by atoms with Crippen molar-refractivity contribution in [2.45, 2.75) is 0 Å². The van der Waals surface area contributed by atoms with Gasteiger partial charge in [0.25, 0.3) is 5.91 Å². The van der Waals surface area contributed by atoms with E-state index in [9.17, 15) is 9.59 Å². The molecule has 2 aromatic carbocycles. The summed E-state index contributed by atoms with van der Waals surface area (Å²) in [6.07, 6.45) is -1.40. The van der Waals surface area contributed by atoms with Crippen LogP contribution in [0.4, 0.5) is 4.79 Å². The summed E-state index contributed by atoms with van der Waals surface area (Å²) >= 11 is 12.3. The fourth-order valence-electron chi connectivity index (χ4n) is 2.49. The molecule has 2 amide bonds. The van der Waals surface area contributed by atoms with Crippen molar-refractivity contribution in [2.75, 3.05) is 0 Å². The number of hydrazine groups is 1. The van der Waals surface area contributed by atoms with Gasteiger partial charge in [-0.2, -0.15) is 0 Å². The number of hydrogen-bond donors (Lipinski definition) is 3. The van der Waals surface area contributed by atoms with Crippen molar-refractivity contribution in [3.8, 4) is 11.1 Å². The number of benzene rings is 2. The number of halogens is 2. The standard InChI is InChI=1S/C17H11Cl2N3O3/c18-10-6-7-12-11(8-10)13(9-4-2-1-3-5-9)14(15(19)20-12)16(23)21-22-17(24)25/h1-8,22H,(H,21,23)(H,24,25). The third kappa shape index (κ3) is 3.50. The van der Waals surface area contributed by atoms with Crippen molar-refractivity contribution < 1.29 is 14.7 Å².